The summed E-state index contributed by atoms with van der Waals surface area (Å²) in [5.74, 6) is 0.169. The van der Waals surface area contributed by atoms with Crippen LogP contribution in [0.15, 0.2) is 84.7 Å². The number of anilines is 4. The molecule has 46 heavy (non-hydrogen) atoms. The largest absolute Gasteiger partial charge is 0.737 e. The summed E-state index contributed by atoms with van der Waals surface area (Å²) in [5.41, 5.74) is 7.00. The predicted molar refractivity (Wildman–Crippen MR) is 180 cm³/mol. The number of aromatic nitrogens is 3. The van der Waals surface area contributed by atoms with Gasteiger partial charge in [0.15, 0.2) is 5.70 Å². The minimum absolute atomic E-state index is 0.0575. The number of amides is 1. The van der Waals surface area contributed by atoms with Gasteiger partial charge >= 0.3 is 6.97 Å². The van der Waals surface area contributed by atoms with Crippen molar-refractivity contribution in [2.75, 3.05) is 41.7 Å². The zero-order chi connectivity index (χ0) is 31.8. The number of piperazine rings is 1. The molecule has 0 atom stereocenters. The highest BCUT2D eigenvalue weighted by Crippen LogP contribution is 2.34. The Morgan fingerprint density at radius 3 is 2.67 bits per heavy atom. The Kier molecular flexibility index (Phi) is 7.73. The average molecular weight is 621 g/mol. The molecule has 0 bridgehead atoms. The maximum Gasteiger partial charge on any atom is 0.737 e. The second-order valence-electron chi connectivity index (χ2n) is 11.9. The number of rotatable bonds is 8. The topological polar surface area (TPSA) is 90.1 Å². The molecule has 1 fully saturated rings. The molecule has 4 aromatic rings. The van der Waals surface area contributed by atoms with Crippen molar-refractivity contribution in [1.82, 2.24) is 19.8 Å². The lowest BCUT2D eigenvalue weighted by molar-refractivity contribution is -0.362. The van der Waals surface area contributed by atoms with Crippen molar-refractivity contribution in [2.45, 2.75) is 26.7 Å². The second-order valence-corrected chi connectivity index (χ2v) is 11.9. The van der Waals surface area contributed by atoms with Gasteiger partial charge in [-0.25, -0.2) is 9.97 Å². The molecule has 3 aliphatic rings. The number of hydrogen-bond donors (Lipinski definition) is 3. The van der Waals surface area contributed by atoms with Gasteiger partial charge in [-0.05, 0) is 67.6 Å². The molecule has 7 rings (SSSR count). The van der Waals surface area contributed by atoms with Gasteiger partial charge in [-0.1, -0.05) is 18.2 Å². The van der Waals surface area contributed by atoms with Gasteiger partial charge in [-0.15, -0.1) is 0 Å². The molecular formula is C34H35BF2N8O. The summed E-state index contributed by atoms with van der Waals surface area (Å²) in [5, 5.41) is 9.52. The first kappa shape index (κ1) is 29.6. The lowest BCUT2D eigenvalue weighted by Gasteiger charge is -2.30. The maximum atomic E-state index is 15.7. The predicted octanol–water partition coefficient (Wildman–Crippen LogP) is 5.73. The second kappa shape index (κ2) is 12.0. The van der Waals surface area contributed by atoms with E-state index in [0.29, 0.717) is 40.1 Å². The fourth-order valence-corrected chi connectivity index (χ4v) is 6.53. The van der Waals surface area contributed by atoms with Crippen LogP contribution in [0.2, 0.25) is 0 Å². The van der Waals surface area contributed by atoms with Crippen LogP contribution < -0.4 is 20.9 Å². The van der Waals surface area contributed by atoms with Crippen LogP contribution in [0.4, 0.5) is 31.6 Å². The van der Waals surface area contributed by atoms with E-state index >= 15 is 8.63 Å². The molecule has 0 saturated carbocycles. The van der Waals surface area contributed by atoms with Crippen molar-refractivity contribution >= 4 is 47.7 Å². The van der Waals surface area contributed by atoms with E-state index in [9.17, 15) is 4.79 Å². The Balaban J connectivity index is 1.01. The molecule has 5 heterocycles. The Morgan fingerprint density at radius 2 is 1.83 bits per heavy atom. The molecule has 3 aliphatic heterocycles. The monoisotopic (exact) mass is 620 g/mol. The van der Waals surface area contributed by atoms with E-state index < -0.39 is 6.97 Å². The number of halogens is 2. The maximum absolute atomic E-state index is 15.7. The minimum Gasteiger partial charge on any atom is -0.394 e. The zero-order valence-electron chi connectivity index (χ0n) is 25.8. The summed E-state index contributed by atoms with van der Waals surface area (Å²) in [6, 6.07) is 19.3. The van der Waals surface area contributed by atoms with Crippen molar-refractivity contribution in [3.05, 3.63) is 102 Å². The lowest BCUT2D eigenvalue weighted by Crippen LogP contribution is -2.50. The van der Waals surface area contributed by atoms with Crippen LogP contribution in [0, 0.1) is 13.8 Å². The van der Waals surface area contributed by atoms with Gasteiger partial charge in [-0.3, -0.25) is 4.79 Å². The third kappa shape index (κ3) is 5.71. The number of carbonyl (C=O) groups excluding carboxylic acids is 1. The van der Waals surface area contributed by atoms with Crippen LogP contribution in [-0.4, -0.2) is 63.7 Å². The summed E-state index contributed by atoms with van der Waals surface area (Å²) in [6.07, 6.45) is 7.13. The van der Waals surface area contributed by atoms with Crippen molar-refractivity contribution in [3.63, 3.8) is 0 Å². The Labute approximate surface area is 266 Å². The third-order valence-corrected chi connectivity index (χ3v) is 8.70. The fraction of sp³-hybridized carbons (Fsp3) is 0.235. The number of nitrogens with zero attached hydrogens (tertiary/aromatic N) is 5. The summed E-state index contributed by atoms with van der Waals surface area (Å²) in [6.45, 7) is 3.34. The first-order valence-electron chi connectivity index (χ1n) is 15.6. The third-order valence-electron chi connectivity index (χ3n) is 8.70. The summed E-state index contributed by atoms with van der Waals surface area (Å²) in [4.78, 5) is 24.4. The van der Waals surface area contributed by atoms with Crippen LogP contribution in [0.25, 0.3) is 17.3 Å². The standard InChI is InChI=1S/C34H35BF2N8O/c1-23-19-24(2)44-32(23)22-30-10-9-28(45(30)35(44,36)37)11-12-33(46)40-26-6-4-7-27(21-26)41-34-39-14-13-31(42-34)25-5-3-8-29(20-25)43-17-15-38-16-18-43/h3-10,13-14,19-22,38H,11-12,15-18H2,1-2H3,(H,40,46)(H,39,41,42). The van der Waals surface area contributed by atoms with Gasteiger partial charge in [0.25, 0.3) is 0 Å². The molecule has 0 unspecified atom stereocenters. The zero-order valence-corrected chi connectivity index (χ0v) is 25.8. The Hall–Kier alpha value is -5.10. The summed E-state index contributed by atoms with van der Waals surface area (Å²) < 4.78 is 33.6. The Bertz CT molecular complexity index is 1930. The molecule has 0 aliphatic carbocycles. The van der Waals surface area contributed by atoms with E-state index in [0.717, 1.165) is 52.0 Å². The van der Waals surface area contributed by atoms with Gasteiger partial charge in [0.2, 0.25) is 11.9 Å². The highest BCUT2D eigenvalue weighted by Gasteiger charge is 2.52. The first-order valence-corrected chi connectivity index (χ1v) is 15.6. The Morgan fingerprint density at radius 1 is 1.02 bits per heavy atom. The number of hydrogen-bond acceptors (Lipinski definition) is 6. The normalized spacial score (nSPS) is 16.6. The van der Waals surface area contributed by atoms with Crippen LogP contribution >= 0.6 is 0 Å². The van der Waals surface area contributed by atoms with E-state index in [2.05, 4.69) is 38.0 Å². The van der Waals surface area contributed by atoms with E-state index in [4.69, 9.17) is 4.98 Å². The molecule has 2 aromatic carbocycles. The summed E-state index contributed by atoms with van der Waals surface area (Å²) in [7, 11) is 0. The quantitative estimate of drug-likeness (QED) is 0.218. The van der Waals surface area contributed by atoms with Gasteiger partial charge in [0.05, 0.1) is 5.69 Å². The molecular weight excluding hydrogens is 585 g/mol. The molecule has 0 radical (unpaired) electrons. The fourth-order valence-electron chi connectivity index (χ4n) is 6.53. The van der Waals surface area contributed by atoms with Gasteiger partial charge < -0.3 is 38.4 Å². The lowest BCUT2D eigenvalue weighted by atomic mass is 9.90. The van der Waals surface area contributed by atoms with Gasteiger partial charge in [-0.2, -0.15) is 0 Å². The van der Waals surface area contributed by atoms with Crippen molar-refractivity contribution in [3.8, 4) is 11.3 Å². The molecule has 9 nitrogen and oxygen atoms in total. The van der Waals surface area contributed by atoms with Crippen molar-refractivity contribution in [1.29, 1.82) is 0 Å². The van der Waals surface area contributed by atoms with Crippen LogP contribution in [0.3, 0.4) is 0 Å². The molecule has 2 aromatic heterocycles. The number of aryl methyl sites for hydroxylation is 2. The van der Waals surface area contributed by atoms with Gasteiger partial charge in [0.1, 0.15) is 5.71 Å². The highest BCUT2D eigenvalue weighted by atomic mass is 19.2. The highest BCUT2D eigenvalue weighted by molar-refractivity contribution is 6.58. The van der Waals surface area contributed by atoms with Crippen LogP contribution in [-0.2, 0) is 4.79 Å². The van der Waals surface area contributed by atoms with E-state index in [-0.39, 0.29) is 18.7 Å². The van der Waals surface area contributed by atoms with E-state index in [1.807, 2.05) is 37.3 Å². The molecule has 12 heteroatoms. The minimum atomic E-state index is -4.06. The molecule has 234 valence electrons. The first-order chi connectivity index (χ1) is 22.3. The number of carbonyl (C=O) groups is 1. The number of fused-ring (bicyclic) bond motifs is 2. The van der Waals surface area contributed by atoms with Crippen LogP contribution in [0.1, 0.15) is 29.8 Å². The molecule has 1 amide bonds. The van der Waals surface area contributed by atoms with Gasteiger partial charge in [0, 0.05) is 91.8 Å². The number of benzene rings is 2. The van der Waals surface area contributed by atoms with Crippen molar-refractivity contribution in [2.24, 2.45) is 0 Å². The summed E-state index contributed by atoms with van der Waals surface area (Å²) >= 11 is 0. The molecule has 3 N–H and O–H groups in total. The number of nitrogens with one attached hydrogen (secondary N) is 3. The van der Waals surface area contributed by atoms with Crippen LogP contribution in [0.5, 0.6) is 0 Å². The van der Waals surface area contributed by atoms with Crippen molar-refractivity contribution < 1.29 is 17.9 Å². The van der Waals surface area contributed by atoms with E-state index in [1.165, 1.54) is 5.69 Å². The molecule has 1 saturated heterocycles. The van der Waals surface area contributed by atoms with E-state index in [1.54, 1.807) is 49.5 Å². The number of allylic oxidation sites excluding steroid dienone is 2. The molecule has 0 spiro atoms. The SMILES string of the molecule is Cc1cc(C)n2c1C=C1C=CC(CCC(=O)Nc3cccc(Nc4nccc(-c5cccc(N6CCNCC6)c5)n4)c3)=[N+]1[B-]2(F)F. The smallest absolute Gasteiger partial charge is 0.394 e. The average Bonchev–Trinajstić information content (AvgIpc) is 3.61.